The predicted molar refractivity (Wildman–Crippen MR) is 237 cm³/mol. The van der Waals surface area contributed by atoms with Crippen LogP contribution in [0.4, 0.5) is 0 Å². The molecule has 1 aliphatic rings. The standard InChI is InChI=1S/C53H36N2S/c1-53(2)45-20-12-11-19-42(45)43-31-37(21-24-46(43)53)47-32-48(55-52(54-47)35-16-7-4-8-17-35)40-28-38(33-13-5-3-6-14-33)27-39(29-40)36-23-25-49-44(30-36)51-41-18-10-9-15-34(41)22-26-50(51)56-49/h3-32H,1-2H3. The molecule has 10 aromatic rings. The summed E-state index contributed by atoms with van der Waals surface area (Å²) in [6, 6.07) is 66.0. The van der Waals surface area contributed by atoms with Crippen molar-refractivity contribution in [2.24, 2.45) is 0 Å². The average molecular weight is 733 g/mol. The third-order valence-electron chi connectivity index (χ3n) is 11.7. The molecule has 2 heterocycles. The van der Waals surface area contributed by atoms with E-state index in [1.54, 1.807) is 0 Å². The fraction of sp³-hybridized carbons (Fsp3) is 0.0566. The Morgan fingerprint density at radius 1 is 0.393 bits per heavy atom. The van der Waals surface area contributed by atoms with E-state index in [0.29, 0.717) is 5.82 Å². The first kappa shape index (κ1) is 32.7. The SMILES string of the molecule is CC1(C)c2ccccc2-c2cc(-c3cc(-c4cc(-c5ccccc5)cc(-c5ccc6sc7ccc8ccccc8c7c6c5)c4)nc(-c4ccccc4)n3)ccc21. The maximum Gasteiger partial charge on any atom is 0.160 e. The molecule has 0 bridgehead atoms. The number of benzene rings is 8. The quantitative estimate of drug-likeness (QED) is 0.176. The molecule has 0 unspecified atom stereocenters. The molecule has 0 amide bonds. The molecular formula is C53H36N2S. The monoisotopic (exact) mass is 732 g/mol. The van der Waals surface area contributed by atoms with Crippen molar-refractivity contribution < 1.29 is 0 Å². The molecule has 264 valence electrons. The Labute approximate surface area is 330 Å². The van der Waals surface area contributed by atoms with Crippen LogP contribution in [0, 0.1) is 0 Å². The second-order valence-corrected chi connectivity index (χ2v) is 16.5. The minimum Gasteiger partial charge on any atom is -0.228 e. The Bertz CT molecular complexity index is 3160. The van der Waals surface area contributed by atoms with Gasteiger partial charge in [0.25, 0.3) is 0 Å². The van der Waals surface area contributed by atoms with Crippen molar-refractivity contribution in [2.45, 2.75) is 19.3 Å². The van der Waals surface area contributed by atoms with Gasteiger partial charge in [0.2, 0.25) is 0 Å². The smallest absolute Gasteiger partial charge is 0.160 e. The first-order valence-electron chi connectivity index (χ1n) is 19.2. The number of hydrogen-bond acceptors (Lipinski definition) is 3. The van der Waals surface area contributed by atoms with E-state index in [1.807, 2.05) is 17.4 Å². The van der Waals surface area contributed by atoms with Crippen molar-refractivity contribution in [1.29, 1.82) is 0 Å². The molecule has 0 radical (unpaired) electrons. The van der Waals surface area contributed by atoms with E-state index in [2.05, 4.69) is 190 Å². The largest absolute Gasteiger partial charge is 0.228 e. The summed E-state index contributed by atoms with van der Waals surface area (Å²) in [6.07, 6.45) is 0. The van der Waals surface area contributed by atoms with Crippen LogP contribution in [0.15, 0.2) is 182 Å². The minimum atomic E-state index is -0.0593. The normalized spacial score (nSPS) is 13.0. The fourth-order valence-corrected chi connectivity index (χ4v) is 9.91. The summed E-state index contributed by atoms with van der Waals surface area (Å²) in [5.41, 5.74) is 14.8. The van der Waals surface area contributed by atoms with E-state index in [0.717, 1.165) is 39.2 Å². The lowest BCUT2D eigenvalue weighted by molar-refractivity contribution is 0.660. The second kappa shape index (κ2) is 12.7. The lowest BCUT2D eigenvalue weighted by Crippen LogP contribution is -2.14. The van der Waals surface area contributed by atoms with Gasteiger partial charge in [-0.1, -0.05) is 147 Å². The van der Waals surface area contributed by atoms with Gasteiger partial charge in [-0.25, -0.2) is 9.97 Å². The average Bonchev–Trinajstić information content (AvgIpc) is 3.75. The summed E-state index contributed by atoms with van der Waals surface area (Å²) >= 11 is 1.87. The van der Waals surface area contributed by atoms with Gasteiger partial charge in [0.15, 0.2) is 5.82 Å². The maximum absolute atomic E-state index is 5.31. The number of hydrogen-bond donors (Lipinski definition) is 0. The van der Waals surface area contributed by atoms with E-state index >= 15 is 0 Å². The van der Waals surface area contributed by atoms with Gasteiger partial charge >= 0.3 is 0 Å². The van der Waals surface area contributed by atoms with Crippen LogP contribution in [0.3, 0.4) is 0 Å². The van der Waals surface area contributed by atoms with Crippen LogP contribution in [-0.2, 0) is 5.41 Å². The van der Waals surface area contributed by atoms with Gasteiger partial charge in [-0.2, -0.15) is 0 Å². The van der Waals surface area contributed by atoms with Gasteiger partial charge < -0.3 is 0 Å². The highest BCUT2D eigenvalue weighted by atomic mass is 32.1. The van der Waals surface area contributed by atoms with Crippen LogP contribution in [0.1, 0.15) is 25.0 Å². The van der Waals surface area contributed by atoms with Gasteiger partial charge in [-0.15, -0.1) is 11.3 Å². The predicted octanol–water partition coefficient (Wildman–Crippen LogP) is 14.6. The van der Waals surface area contributed by atoms with Gasteiger partial charge in [0.1, 0.15) is 0 Å². The molecule has 0 aliphatic heterocycles. The van der Waals surface area contributed by atoms with E-state index in [-0.39, 0.29) is 5.41 Å². The Morgan fingerprint density at radius 2 is 1.02 bits per heavy atom. The van der Waals surface area contributed by atoms with Crippen molar-refractivity contribution in [3.05, 3.63) is 193 Å². The summed E-state index contributed by atoms with van der Waals surface area (Å²) in [4.78, 5) is 10.6. The molecular weight excluding hydrogens is 697 g/mol. The van der Waals surface area contributed by atoms with Crippen LogP contribution in [0.25, 0.3) is 98.2 Å². The van der Waals surface area contributed by atoms with Crippen LogP contribution < -0.4 is 0 Å². The Kier molecular flexibility index (Phi) is 7.42. The third kappa shape index (κ3) is 5.31. The van der Waals surface area contributed by atoms with E-state index in [1.165, 1.54) is 64.3 Å². The van der Waals surface area contributed by atoms with Crippen molar-refractivity contribution in [1.82, 2.24) is 9.97 Å². The van der Waals surface area contributed by atoms with Crippen LogP contribution >= 0.6 is 11.3 Å². The topological polar surface area (TPSA) is 25.8 Å². The Morgan fingerprint density at radius 3 is 1.84 bits per heavy atom. The molecule has 0 saturated carbocycles. The molecule has 8 aromatic carbocycles. The van der Waals surface area contributed by atoms with E-state index < -0.39 is 0 Å². The molecule has 0 spiro atoms. The molecule has 0 atom stereocenters. The van der Waals surface area contributed by atoms with Crippen molar-refractivity contribution >= 4 is 42.3 Å². The zero-order valence-electron chi connectivity index (χ0n) is 31.1. The molecule has 1 aliphatic carbocycles. The summed E-state index contributed by atoms with van der Waals surface area (Å²) in [5.74, 6) is 0.712. The minimum absolute atomic E-state index is 0.0593. The molecule has 56 heavy (non-hydrogen) atoms. The fourth-order valence-electron chi connectivity index (χ4n) is 8.81. The molecule has 3 heteroatoms. The van der Waals surface area contributed by atoms with Gasteiger partial charge in [-0.05, 0) is 104 Å². The van der Waals surface area contributed by atoms with Gasteiger partial charge in [0, 0.05) is 42.3 Å². The number of fused-ring (bicyclic) bond motifs is 8. The second-order valence-electron chi connectivity index (χ2n) is 15.4. The first-order chi connectivity index (χ1) is 27.5. The van der Waals surface area contributed by atoms with E-state index in [9.17, 15) is 0 Å². The molecule has 0 saturated heterocycles. The summed E-state index contributed by atoms with van der Waals surface area (Å²) < 4.78 is 2.61. The van der Waals surface area contributed by atoms with Crippen molar-refractivity contribution in [3.8, 4) is 67.3 Å². The molecule has 0 fully saturated rings. The van der Waals surface area contributed by atoms with Gasteiger partial charge in [-0.3, -0.25) is 0 Å². The Balaban J connectivity index is 1.12. The van der Waals surface area contributed by atoms with Crippen LogP contribution in [0.5, 0.6) is 0 Å². The van der Waals surface area contributed by atoms with Gasteiger partial charge in [0.05, 0.1) is 11.4 Å². The summed E-state index contributed by atoms with van der Waals surface area (Å²) in [5, 5.41) is 5.19. The molecule has 2 aromatic heterocycles. The molecule has 0 N–H and O–H groups in total. The highest BCUT2D eigenvalue weighted by Gasteiger charge is 2.35. The number of rotatable bonds is 5. The lowest BCUT2D eigenvalue weighted by Gasteiger charge is -2.21. The van der Waals surface area contributed by atoms with Crippen molar-refractivity contribution in [3.63, 3.8) is 0 Å². The van der Waals surface area contributed by atoms with Crippen molar-refractivity contribution in [2.75, 3.05) is 0 Å². The number of thiophene rings is 1. The maximum atomic E-state index is 5.31. The Hall–Kier alpha value is -6.68. The third-order valence-corrected chi connectivity index (χ3v) is 12.8. The molecule has 11 rings (SSSR count). The first-order valence-corrected chi connectivity index (χ1v) is 20.0. The zero-order chi connectivity index (χ0) is 37.4. The summed E-state index contributed by atoms with van der Waals surface area (Å²) in [6.45, 7) is 4.65. The molecule has 2 nitrogen and oxygen atoms in total. The summed E-state index contributed by atoms with van der Waals surface area (Å²) in [7, 11) is 0. The highest BCUT2D eigenvalue weighted by Crippen LogP contribution is 2.49. The van der Waals surface area contributed by atoms with Crippen LogP contribution in [0.2, 0.25) is 0 Å². The number of aromatic nitrogens is 2. The zero-order valence-corrected chi connectivity index (χ0v) is 31.9. The number of nitrogens with zero attached hydrogens (tertiary/aromatic N) is 2. The lowest BCUT2D eigenvalue weighted by atomic mass is 9.82. The van der Waals surface area contributed by atoms with Crippen LogP contribution in [-0.4, -0.2) is 9.97 Å². The highest BCUT2D eigenvalue weighted by molar-refractivity contribution is 7.26. The van der Waals surface area contributed by atoms with E-state index in [4.69, 9.17) is 9.97 Å².